The zero-order chi connectivity index (χ0) is 13.3. The van der Waals surface area contributed by atoms with E-state index in [1.165, 1.54) is 6.07 Å². The zero-order valence-electron chi connectivity index (χ0n) is 10.1. The molecule has 5 heteroatoms. The average Bonchev–Trinajstić information content (AvgIpc) is 2.26. The van der Waals surface area contributed by atoms with Crippen LogP contribution in [0, 0.1) is 13.8 Å². The van der Waals surface area contributed by atoms with Crippen molar-refractivity contribution >= 4 is 23.2 Å². The summed E-state index contributed by atoms with van der Waals surface area (Å²) in [7, 11) is 0. The summed E-state index contributed by atoms with van der Waals surface area (Å²) in [5, 5.41) is 1.10. The molecule has 0 amide bonds. The maximum Gasteiger partial charge on any atom is 0.254 e. The molecule has 0 N–H and O–H groups in total. The monoisotopic (exact) mass is 282 g/mol. The molecule has 0 saturated heterocycles. The van der Waals surface area contributed by atoms with E-state index in [9.17, 15) is 4.79 Å². The van der Waals surface area contributed by atoms with E-state index in [0.29, 0.717) is 28.1 Å². The molecule has 0 aliphatic heterocycles. The Kier molecular flexibility index (Phi) is 3.73. The number of halogens is 2. The van der Waals surface area contributed by atoms with Gasteiger partial charge in [0.1, 0.15) is 5.82 Å². The van der Waals surface area contributed by atoms with E-state index >= 15 is 0 Å². The van der Waals surface area contributed by atoms with Crippen molar-refractivity contribution in [3.63, 3.8) is 0 Å². The minimum atomic E-state index is -0.101. The van der Waals surface area contributed by atoms with Crippen molar-refractivity contribution in [1.29, 1.82) is 0 Å². The Morgan fingerprint density at radius 3 is 2.39 bits per heavy atom. The highest BCUT2D eigenvalue weighted by atomic mass is 35.5. The van der Waals surface area contributed by atoms with Crippen LogP contribution in [-0.4, -0.2) is 9.55 Å². The normalized spacial score (nSPS) is 10.7. The van der Waals surface area contributed by atoms with Gasteiger partial charge in [-0.25, -0.2) is 4.98 Å². The summed E-state index contributed by atoms with van der Waals surface area (Å²) in [5.74, 6) is 0.649. The molecule has 0 spiro atoms. The van der Waals surface area contributed by atoms with Gasteiger partial charge < -0.3 is 0 Å². The molecular weight excluding hydrogens is 271 g/mol. The lowest BCUT2D eigenvalue weighted by Crippen LogP contribution is -2.24. The molecule has 94 valence electrons. The Morgan fingerprint density at radius 2 is 1.83 bits per heavy atom. The molecule has 2 rings (SSSR count). The van der Waals surface area contributed by atoms with E-state index in [1.807, 2.05) is 0 Å². The van der Waals surface area contributed by atoms with Gasteiger partial charge in [-0.1, -0.05) is 29.3 Å². The summed E-state index contributed by atoms with van der Waals surface area (Å²) in [6.45, 7) is 3.91. The summed E-state index contributed by atoms with van der Waals surface area (Å²) in [6.07, 6.45) is 0. The second-order valence-corrected chi connectivity index (χ2v) is 4.88. The van der Waals surface area contributed by atoms with E-state index in [1.54, 1.807) is 36.6 Å². The molecule has 0 unspecified atom stereocenters. The standard InChI is InChI=1S/C13H12Cl2N2O/c1-8-6-13(18)17(9(2)16-8)7-10-11(14)4-3-5-12(10)15/h3-6H,7H2,1-2H3. The van der Waals surface area contributed by atoms with E-state index in [-0.39, 0.29) is 5.56 Å². The first kappa shape index (κ1) is 13.1. The average molecular weight is 283 g/mol. The smallest absolute Gasteiger partial charge is 0.254 e. The highest BCUT2D eigenvalue weighted by Gasteiger charge is 2.09. The second kappa shape index (κ2) is 5.12. The van der Waals surface area contributed by atoms with Crippen molar-refractivity contribution in [3.05, 3.63) is 61.7 Å². The van der Waals surface area contributed by atoms with Crippen LogP contribution in [0.15, 0.2) is 29.1 Å². The van der Waals surface area contributed by atoms with Crippen LogP contribution in [0.2, 0.25) is 10.0 Å². The quantitative estimate of drug-likeness (QED) is 0.848. The number of hydrogen-bond donors (Lipinski definition) is 0. The molecule has 0 fully saturated rings. The zero-order valence-corrected chi connectivity index (χ0v) is 11.6. The maximum absolute atomic E-state index is 11.9. The highest BCUT2D eigenvalue weighted by Crippen LogP contribution is 2.24. The van der Waals surface area contributed by atoms with Crippen LogP contribution in [0.3, 0.4) is 0 Å². The SMILES string of the molecule is Cc1cc(=O)n(Cc2c(Cl)cccc2Cl)c(C)n1. The van der Waals surface area contributed by atoms with E-state index in [4.69, 9.17) is 23.2 Å². The lowest BCUT2D eigenvalue weighted by molar-refractivity contribution is 0.694. The number of nitrogens with zero attached hydrogens (tertiary/aromatic N) is 2. The minimum Gasteiger partial charge on any atom is -0.292 e. The molecule has 0 aliphatic rings. The van der Waals surface area contributed by atoms with Crippen molar-refractivity contribution in [2.75, 3.05) is 0 Å². The number of hydrogen-bond acceptors (Lipinski definition) is 2. The van der Waals surface area contributed by atoms with Crippen LogP contribution in [0.5, 0.6) is 0 Å². The van der Waals surface area contributed by atoms with Gasteiger partial charge in [0.25, 0.3) is 5.56 Å². The minimum absolute atomic E-state index is 0.101. The number of rotatable bonds is 2. The van der Waals surface area contributed by atoms with E-state index in [2.05, 4.69) is 4.98 Å². The van der Waals surface area contributed by atoms with Crippen molar-refractivity contribution in [2.45, 2.75) is 20.4 Å². The van der Waals surface area contributed by atoms with Crippen LogP contribution in [0.25, 0.3) is 0 Å². The van der Waals surface area contributed by atoms with Gasteiger partial charge in [0.2, 0.25) is 0 Å². The van der Waals surface area contributed by atoms with Gasteiger partial charge >= 0.3 is 0 Å². The molecule has 3 nitrogen and oxygen atoms in total. The molecule has 1 aromatic heterocycles. The molecular formula is C13H12Cl2N2O. The van der Waals surface area contributed by atoms with Gasteiger partial charge in [-0.3, -0.25) is 9.36 Å². The summed E-state index contributed by atoms with van der Waals surface area (Å²) in [6, 6.07) is 6.78. The molecule has 0 radical (unpaired) electrons. The van der Waals surface area contributed by atoms with Crippen molar-refractivity contribution in [1.82, 2.24) is 9.55 Å². The van der Waals surface area contributed by atoms with E-state index in [0.717, 1.165) is 5.56 Å². The summed E-state index contributed by atoms with van der Waals surface area (Å²) in [5.41, 5.74) is 1.34. The molecule has 0 aliphatic carbocycles. The molecule has 0 bridgehead atoms. The fourth-order valence-corrected chi connectivity index (χ4v) is 2.31. The third-order valence-corrected chi connectivity index (χ3v) is 3.41. The molecule has 2 aromatic rings. The number of aromatic nitrogens is 2. The first-order valence-electron chi connectivity index (χ1n) is 5.47. The summed E-state index contributed by atoms with van der Waals surface area (Å²) in [4.78, 5) is 16.2. The second-order valence-electron chi connectivity index (χ2n) is 4.07. The van der Waals surface area contributed by atoms with Gasteiger partial charge in [-0.15, -0.1) is 0 Å². The van der Waals surface area contributed by atoms with Gasteiger partial charge in [-0.05, 0) is 26.0 Å². The lowest BCUT2D eigenvalue weighted by atomic mass is 10.2. The van der Waals surface area contributed by atoms with Gasteiger partial charge in [0.15, 0.2) is 0 Å². The predicted molar refractivity (Wildman–Crippen MR) is 73.5 cm³/mol. The fraction of sp³-hybridized carbons (Fsp3) is 0.231. The molecule has 1 heterocycles. The van der Waals surface area contributed by atoms with Gasteiger partial charge in [0.05, 0.1) is 6.54 Å². The van der Waals surface area contributed by atoms with Crippen molar-refractivity contribution in [3.8, 4) is 0 Å². The van der Waals surface area contributed by atoms with Gasteiger partial charge in [0, 0.05) is 27.4 Å². The summed E-state index contributed by atoms with van der Waals surface area (Å²) < 4.78 is 1.56. The number of benzene rings is 1. The molecule has 0 atom stereocenters. The van der Waals surface area contributed by atoms with E-state index < -0.39 is 0 Å². The van der Waals surface area contributed by atoms with Crippen molar-refractivity contribution < 1.29 is 0 Å². The highest BCUT2D eigenvalue weighted by molar-refractivity contribution is 6.35. The van der Waals surface area contributed by atoms with Crippen LogP contribution in [0.1, 0.15) is 17.1 Å². The Balaban J connectivity index is 2.50. The Hall–Kier alpha value is -1.32. The number of aryl methyl sites for hydroxylation is 2. The summed E-state index contributed by atoms with van der Waals surface area (Å²) >= 11 is 12.2. The van der Waals surface area contributed by atoms with Crippen LogP contribution in [-0.2, 0) is 6.54 Å². The molecule has 1 aromatic carbocycles. The van der Waals surface area contributed by atoms with Crippen LogP contribution in [0.4, 0.5) is 0 Å². The lowest BCUT2D eigenvalue weighted by Gasteiger charge is -2.12. The van der Waals surface area contributed by atoms with Crippen LogP contribution < -0.4 is 5.56 Å². The Bertz CT molecular complexity index is 630. The van der Waals surface area contributed by atoms with Gasteiger partial charge in [-0.2, -0.15) is 0 Å². The largest absolute Gasteiger partial charge is 0.292 e. The third kappa shape index (κ3) is 2.57. The molecule has 0 saturated carbocycles. The maximum atomic E-state index is 11.9. The predicted octanol–water partition coefficient (Wildman–Crippen LogP) is 3.22. The molecule has 18 heavy (non-hydrogen) atoms. The fourth-order valence-electron chi connectivity index (χ4n) is 1.80. The first-order valence-corrected chi connectivity index (χ1v) is 6.22. The van der Waals surface area contributed by atoms with Crippen molar-refractivity contribution in [2.24, 2.45) is 0 Å². The Morgan fingerprint density at radius 1 is 1.22 bits per heavy atom. The van der Waals surface area contributed by atoms with Crippen LogP contribution >= 0.6 is 23.2 Å². The topological polar surface area (TPSA) is 34.9 Å². The third-order valence-electron chi connectivity index (χ3n) is 2.71. The first-order chi connectivity index (χ1) is 8.49. The Labute approximate surface area is 115 Å².